The summed E-state index contributed by atoms with van der Waals surface area (Å²) in [5.41, 5.74) is 2.87. The first-order chi connectivity index (χ1) is 14.1. The molecular formula is C23H21FN4O. The van der Waals surface area contributed by atoms with Gasteiger partial charge in [-0.05, 0) is 42.5 Å². The molecule has 0 atom stereocenters. The Bertz CT molecular complexity index is 1150. The van der Waals surface area contributed by atoms with E-state index in [1.165, 1.54) is 12.1 Å². The molecule has 5 nitrogen and oxygen atoms in total. The van der Waals surface area contributed by atoms with E-state index >= 15 is 0 Å². The van der Waals surface area contributed by atoms with Gasteiger partial charge in [-0.1, -0.05) is 36.4 Å². The number of fused-ring (bicyclic) bond motifs is 1. The molecule has 0 saturated carbocycles. The van der Waals surface area contributed by atoms with E-state index in [-0.39, 0.29) is 11.7 Å². The fourth-order valence-corrected chi connectivity index (χ4v) is 3.36. The van der Waals surface area contributed by atoms with Crippen molar-refractivity contribution in [2.45, 2.75) is 12.8 Å². The number of aryl methyl sites for hydroxylation is 1. The number of aromatic nitrogens is 3. The van der Waals surface area contributed by atoms with Gasteiger partial charge in [0.1, 0.15) is 11.5 Å². The molecule has 2 aromatic carbocycles. The first-order valence-corrected chi connectivity index (χ1v) is 9.51. The largest absolute Gasteiger partial charge is 0.340 e. The monoisotopic (exact) mass is 388 g/mol. The van der Waals surface area contributed by atoms with Crippen molar-refractivity contribution in [3.8, 4) is 11.3 Å². The second-order valence-electron chi connectivity index (χ2n) is 7.00. The molecule has 1 N–H and O–H groups in total. The molecule has 0 unspecified atom stereocenters. The van der Waals surface area contributed by atoms with Crippen molar-refractivity contribution in [3.05, 3.63) is 84.1 Å². The first kappa shape index (κ1) is 18.8. The minimum atomic E-state index is -0.283. The van der Waals surface area contributed by atoms with Crippen molar-refractivity contribution in [3.63, 3.8) is 0 Å². The van der Waals surface area contributed by atoms with Crippen molar-refractivity contribution in [1.82, 2.24) is 20.1 Å². The number of halogens is 1. The number of nitrogens with zero attached hydrogens (tertiary/aromatic N) is 3. The number of carbonyl (C=O) groups is 1. The lowest BCUT2D eigenvalue weighted by Gasteiger charge is -2.17. The fraction of sp³-hybridized carbons (Fsp3) is 0.174. The highest BCUT2D eigenvalue weighted by atomic mass is 19.1. The van der Waals surface area contributed by atoms with Crippen LogP contribution in [0.25, 0.3) is 22.0 Å². The third kappa shape index (κ3) is 4.16. The zero-order chi connectivity index (χ0) is 20.2. The number of nitrogens with one attached hydrogen (secondary N) is 1. The molecule has 4 aromatic rings. The van der Waals surface area contributed by atoms with Crippen molar-refractivity contribution in [1.29, 1.82) is 0 Å². The normalized spacial score (nSPS) is 11.0. The predicted octanol–water partition coefficient (Wildman–Crippen LogP) is 4.47. The van der Waals surface area contributed by atoms with E-state index in [1.807, 2.05) is 42.5 Å². The predicted molar refractivity (Wildman–Crippen MR) is 111 cm³/mol. The van der Waals surface area contributed by atoms with E-state index in [9.17, 15) is 9.18 Å². The lowest BCUT2D eigenvalue weighted by Crippen LogP contribution is -2.29. The Hall–Kier alpha value is -3.54. The van der Waals surface area contributed by atoms with Crippen LogP contribution < -0.4 is 0 Å². The first-order valence-electron chi connectivity index (χ1n) is 9.51. The van der Waals surface area contributed by atoms with E-state index in [0.717, 1.165) is 34.9 Å². The Kier molecular flexibility index (Phi) is 5.33. The SMILES string of the molecule is CN(CCCc1cc(-c2cccc(F)c2)n[nH]1)C(=O)c1nccc2ccccc12. The molecule has 0 bridgehead atoms. The molecule has 0 radical (unpaired) electrons. The van der Waals surface area contributed by atoms with Crippen LogP contribution in [0, 0.1) is 5.82 Å². The molecule has 2 heterocycles. The molecular weight excluding hydrogens is 367 g/mol. The van der Waals surface area contributed by atoms with Gasteiger partial charge in [0.2, 0.25) is 0 Å². The maximum Gasteiger partial charge on any atom is 0.272 e. The highest BCUT2D eigenvalue weighted by molar-refractivity contribution is 6.05. The highest BCUT2D eigenvalue weighted by Crippen LogP contribution is 2.20. The number of pyridine rings is 1. The number of rotatable bonds is 6. The Balaban J connectivity index is 1.38. The number of hydrogen-bond donors (Lipinski definition) is 1. The second kappa shape index (κ2) is 8.22. The maximum absolute atomic E-state index is 13.4. The average molecular weight is 388 g/mol. The highest BCUT2D eigenvalue weighted by Gasteiger charge is 2.16. The number of hydrogen-bond acceptors (Lipinski definition) is 3. The molecule has 146 valence electrons. The smallest absolute Gasteiger partial charge is 0.272 e. The quantitative estimate of drug-likeness (QED) is 0.530. The van der Waals surface area contributed by atoms with Crippen LogP contribution in [0.15, 0.2) is 66.9 Å². The number of aromatic amines is 1. The topological polar surface area (TPSA) is 61.9 Å². The summed E-state index contributed by atoms with van der Waals surface area (Å²) in [6.45, 7) is 0.595. The Labute approximate surface area is 168 Å². The number of H-pyrrole nitrogens is 1. The van der Waals surface area contributed by atoms with E-state index in [2.05, 4.69) is 15.2 Å². The minimum Gasteiger partial charge on any atom is -0.340 e. The third-order valence-corrected chi connectivity index (χ3v) is 4.91. The van der Waals surface area contributed by atoms with Gasteiger partial charge in [-0.25, -0.2) is 4.39 Å². The van der Waals surface area contributed by atoms with Gasteiger partial charge in [-0.15, -0.1) is 0 Å². The van der Waals surface area contributed by atoms with Crippen molar-refractivity contribution in [2.75, 3.05) is 13.6 Å². The molecule has 29 heavy (non-hydrogen) atoms. The van der Waals surface area contributed by atoms with E-state index in [4.69, 9.17) is 0 Å². The minimum absolute atomic E-state index is 0.0909. The van der Waals surface area contributed by atoms with Crippen molar-refractivity contribution >= 4 is 16.7 Å². The molecule has 1 amide bonds. The van der Waals surface area contributed by atoms with Crippen molar-refractivity contribution < 1.29 is 9.18 Å². The standard InChI is InChI=1S/C23H21FN4O/c1-28(23(29)22-20-10-3-2-6-16(20)11-12-25-22)13-5-9-19-15-21(27-26-19)17-7-4-8-18(24)14-17/h2-4,6-8,10-12,14-15H,5,9,13H2,1H3,(H,26,27). The molecule has 0 saturated heterocycles. The maximum atomic E-state index is 13.4. The van der Waals surface area contributed by atoms with E-state index in [0.29, 0.717) is 17.9 Å². The summed E-state index contributed by atoms with van der Waals surface area (Å²) in [5, 5.41) is 9.12. The molecule has 0 fully saturated rings. The summed E-state index contributed by atoms with van der Waals surface area (Å²) >= 11 is 0. The molecule has 0 aliphatic carbocycles. The van der Waals surface area contributed by atoms with Crippen LogP contribution in [0.4, 0.5) is 4.39 Å². The van der Waals surface area contributed by atoms with Crippen LogP contribution in [-0.2, 0) is 6.42 Å². The summed E-state index contributed by atoms with van der Waals surface area (Å²) in [6.07, 6.45) is 3.18. The van der Waals surface area contributed by atoms with Gasteiger partial charge in [0.25, 0.3) is 5.91 Å². The van der Waals surface area contributed by atoms with E-state index < -0.39 is 0 Å². The van der Waals surface area contributed by atoms with Crippen LogP contribution in [0.5, 0.6) is 0 Å². The zero-order valence-electron chi connectivity index (χ0n) is 16.1. The van der Waals surface area contributed by atoms with Crippen LogP contribution in [0.3, 0.4) is 0 Å². The Morgan fingerprint density at radius 2 is 1.97 bits per heavy atom. The van der Waals surface area contributed by atoms with Gasteiger partial charge in [0.05, 0.1) is 5.69 Å². The fourth-order valence-electron chi connectivity index (χ4n) is 3.36. The molecule has 2 aromatic heterocycles. The van der Waals surface area contributed by atoms with Crippen LogP contribution in [0.2, 0.25) is 0 Å². The molecule has 0 aliphatic rings. The molecule has 6 heteroatoms. The van der Waals surface area contributed by atoms with Gasteiger partial charge in [0.15, 0.2) is 0 Å². The number of carbonyl (C=O) groups excluding carboxylic acids is 1. The van der Waals surface area contributed by atoms with Gasteiger partial charge >= 0.3 is 0 Å². The molecule has 0 spiro atoms. The lowest BCUT2D eigenvalue weighted by molar-refractivity contribution is 0.0790. The third-order valence-electron chi connectivity index (χ3n) is 4.91. The lowest BCUT2D eigenvalue weighted by atomic mass is 10.1. The summed E-state index contributed by atoms with van der Waals surface area (Å²) in [7, 11) is 1.79. The summed E-state index contributed by atoms with van der Waals surface area (Å²) in [4.78, 5) is 18.8. The van der Waals surface area contributed by atoms with Gasteiger partial charge < -0.3 is 4.90 Å². The van der Waals surface area contributed by atoms with Gasteiger partial charge in [0, 0.05) is 36.4 Å². The molecule has 0 aliphatic heterocycles. The zero-order valence-corrected chi connectivity index (χ0v) is 16.1. The number of benzene rings is 2. The van der Waals surface area contributed by atoms with Gasteiger partial charge in [-0.3, -0.25) is 14.9 Å². The Morgan fingerprint density at radius 3 is 2.83 bits per heavy atom. The van der Waals surface area contributed by atoms with Crippen LogP contribution in [-0.4, -0.2) is 39.6 Å². The summed E-state index contributed by atoms with van der Waals surface area (Å²) in [5.74, 6) is -0.374. The second-order valence-corrected chi connectivity index (χ2v) is 7.00. The summed E-state index contributed by atoms with van der Waals surface area (Å²) in [6, 6.07) is 17.9. The van der Waals surface area contributed by atoms with Crippen LogP contribution in [0.1, 0.15) is 22.6 Å². The summed E-state index contributed by atoms with van der Waals surface area (Å²) < 4.78 is 13.4. The number of amides is 1. The van der Waals surface area contributed by atoms with E-state index in [1.54, 1.807) is 24.2 Å². The van der Waals surface area contributed by atoms with Crippen LogP contribution >= 0.6 is 0 Å². The molecule has 4 rings (SSSR count). The van der Waals surface area contributed by atoms with Gasteiger partial charge in [-0.2, -0.15) is 5.10 Å². The Morgan fingerprint density at radius 1 is 1.10 bits per heavy atom. The average Bonchev–Trinajstić information content (AvgIpc) is 3.22. The van der Waals surface area contributed by atoms with Crippen molar-refractivity contribution in [2.24, 2.45) is 0 Å².